The molecular weight excluding hydrogens is 311 g/mol. The maximum atomic E-state index is 12.9. The molecule has 0 heterocycles. The van der Waals surface area contributed by atoms with Crippen LogP contribution < -0.4 is 16.0 Å². The SMILES string of the molecule is CNCCN(C)C(=O)C(NC(=O)NCc1ccc(F)cc1)C(C)C. The van der Waals surface area contributed by atoms with Crippen LogP contribution in [0.1, 0.15) is 19.4 Å². The van der Waals surface area contributed by atoms with Crippen molar-refractivity contribution in [1.29, 1.82) is 0 Å². The Morgan fingerprint density at radius 3 is 2.38 bits per heavy atom. The molecule has 7 heteroatoms. The van der Waals surface area contributed by atoms with E-state index in [1.807, 2.05) is 20.9 Å². The average Bonchev–Trinajstić information content (AvgIpc) is 2.56. The van der Waals surface area contributed by atoms with E-state index in [2.05, 4.69) is 16.0 Å². The number of halogens is 1. The Hall–Kier alpha value is -2.15. The van der Waals surface area contributed by atoms with E-state index in [1.54, 1.807) is 24.1 Å². The number of carbonyl (C=O) groups is 2. The molecule has 0 aliphatic heterocycles. The molecule has 134 valence electrons. The molecule has 24 heavy (non-hydrogen) atoms. The Balaban J connectivity index is 2.55. The summed E-state index contributed by atoms with van der Waals surface area (Å²) in [6.45, 7) is 5.28. The number of benzene rings is 1. The Morgan fingerprint density at radius 1 is 1.21 bits per heavy atom. The van der Waals surface area contributed by atoms with E-state index in [0.29, 0.717) is 13.1 Å². The lowest BCUT2D eigenvalue weighted by molar-refractivity contribution is -0.132. The second-order valence-corrected chi connectivity index (χ2v) is 6.04. The third-order valence-corrected chi connectivity index (χ3v) is 3.66. The second kappa shape index (κ2) is 9.87. The fraction of sp³-hybridized carbons (Fsp3) is 0.529. The van der Waals surface area contributed by atoms with E-state index in [1.165, 1.54) is 12.1 Å². The molecule has 0 aliphatic carbocycles. The van der Waals surface area contributed by atoms with Gasteiger partial charge in [0.2, 0.25) is 5.91 Å². The zero-order valence-corrected chi connectivity index (χ0v) is 14.7. The summed E-state index contributed by atoms with van der Waals surface area (Å²) >= 11 is 0. The molecule has 0 spiro atoms. The number of hydrogen-bond donors (Lipinski definition) is 3. The van der Waals surface area contributed by atoms with Crippen LogP contribution in [-0.2, 0) is 11.3 Å². The molecular formula is C17H27FN4O2. The molecule has 1 aromatic carbocycles. The third-order valence-electron chi connectivity index (χ3n) is 3.66. The van der Waals surface area contributed by atoms with Crippen LogP contribution >= 0.6 is 0 Å². The lowest BCUT2D eigenvalue weighted by atomic mass is 10.0. The highest BCUT2D eigenvalue weighted by Gasteiger charge is 2.26. The van der Waals surface area contributed by atoms with Crippen LogP contribution in [0.15, 0.2) is 24.3 Å². The van der Waals surface area contributed by atoms with Crippen LogP contribution in [0, 0.1) is 11.7 Å². The summed E-state index contributed by atoms with van der Waals surface area (Å²) in [6, 6.07) is 4.87. The normalized spacial score (nSPS) is 11.9. The van der Waals surface area contributed by atoms with Gasteiger partial charge in [0.1, 0.15) is 11.9 Å². The van der Waals surface area contributed by atoms with Gasteiger partial charge < -0.3 is 20.9 Å². The van der Waals surface area contributed by atoms with Gasteiger partial charge >= 0.3 is 6.03 Å². The minimum absolute atomic E-state index is 0.0360. The largest absolute Gasteiger partial charge is 0.343 e. The second-order valence-electron chi connectivity index (χ2n) is 6.04. The number of urea groups is 1. The number of amides is 3. The van der Waals surface area contributed by atoms with Crippen LogP contribution in [0.25, 0.3) is 0 Å². The number of nitrogens with one attached hydrogen (secondary N) is 3. The molecule has 0 aliphatic rings. The third kappa shape index (κ3) is 6.54. The smallest absolute Gasteiger partial charge is 0.315 e. The summed E-state index contributed by atoms with van der Waals surface area (Å²) in [6.07, 6.45) is 0. The number of rotatable bonds is 8. The molecule has 1 rings (SSSR count). The van der Waals surface area contributed by atoms with Crippen molar-refractivity contribution in [3.05, 3.63) is 35.6 Å². The number of hydrogen-bond acceptors (Lipinski definition) is 3. The van der Waals surface area contributed by atoms with E-state index in [-0.39, 0.29) is 24.2 Å². The van der Waals surface area contributed by atoms with Crippen molar-refractivity contribution in [3.63, 3.8) is 0 Å². The zero-order valence-electron chi connectivity index (χ0n) is 14.7. The van der Waals surface area contributed by atoms with Gasteiger partial charge in [-0.2, -0.15) is 0 Å². The van der Waals surface area contributed by atoms with Crippen LogP contribution in [0.5, 0.6) is 0 Å². The first-order valence-corrected chi connectivity index (χ1v) is 8.03. The van der Waals surface area contributed by atoms with Gasteiger partial charge in [-0.05, 0) is 30.7 Å². The lowest BCUT2D eigenvalue weighted by Crippen LogP contribution is -2.53. The molecule has 3 amide bonds. The van der Waals surface area contributed by atoms with Crippen LogP contribution in [0.2, 0.25) is 0 Å². The molecule has 0 fully saturated rings. The van der Waals surface area contributed by atoms with Crippen molar-refractivity contribution in [1.82, 2.24) is 20.9 Å². The molecule has 0 radical (unpaired) electrons. The molecule has 0 aromatic heterocycles. The van der Waals surface area contributed by atoms with Crippen molar-refractivity contribution in [2.45, 2.75) is 26.4 Å². The maximum absolute atomic E-state index is 12.9. The monoisotopic (exact) mass is 338 g/mol. The quantitative estimate of drug-likeness (QED) is 0.669. The van der Waals surface area contributed by atoms with Gasteiger partial charge in [-0.3, -0.25) is 4.79 Å². The van der Waals surface area contributed by atoms with Gasteiger partial charge in [0.05, 0.1) is 0 Å². The molecule has 0 saturated carbocycles. The zero-order chi connectivity index (χ0) is 18.1. The maximum Gasteiger partial charge on any atom is 0.315 e. The number of carbonyl (C=O) groups excluding carboxylic acids is 2. The van der Waals surface area contributed by atoms with Crippen molar-refractivity contribution in [3.8, 4) is 0 Å². The highest BCUT2D eigenvalue weighted by atomic mass is 19.1. The molecule has 0 bridgehead atoms. The van der Waals surface area contributed by atoms with Crippen molar-refractivity contribution in [2.24, 2.45) is 5.92 Å². The van der Waals surface area contributed by atoms with Gasteiger partial charge in [-0.25, -0.2) is 9.18 Å². The van der Waals surface area contributed by atoms with E-state index >= 15 is 0 Å². The highest BCUT2D eigenvalue weighted by molar-refractivity contribution is 5.87. The minimum Gasteiger partial charge on any atom is -0.343 e. The van der Waals surface area contributed by atoms with Gasteiger partial charge in [-0.1, -0.05) is 26.0 Å². The van der Waals surface area contributed by atoms with Gasteiger partial charge in [-0.15, -0.1) is 0 Å². The van der Waals surface area contributed by atoms with Crippen molar-refractivity contribution in [2.75, 3.05) is 27.2 Å². The Labute approximate surface area is 142 Å². The van der Waals surface area contributed by atoms with Crippen LogP contribution in [-0.4, -0.2) is 50.1 Å². The highest BCUT2D eigenvalue weighted by Crippen LogP contribution is 2.06. The summed E-state index contributed by atoms with van der Waals surface area (Å²) in [5.41, 5.74) is 0.783. The molecule has 1 unspecified atom stereocenters. The van der Waals surface area contributed by atoms with E-state index in [4.69, 9.17) is 0 Å². The molecule has 0 saturated heterocycles. The molecule has 1 aromatic rings. The van der Waals surface area contributed by atoms with Gasteiger partial charge in [0.15, 0.2) is 0 Å². The molecule has 3 N–H and O–H groups in total. The first-order chi connectivity index (χ1) is 11.3. The van der Waals surface area contributed by atoms with Crippen LogP contribution in [0.3, 0.4) is 0 Å². The fourth-order valence-electron chi connectivity index (χ4n) is 2.12. The standard InChI is InChI=1S/C17H27FN4O2/c1-12(2)15(16(23)22(4)10-9-19-3)21-17(24)20-11-13-5-7-14(18)8-6-13/h5-8,12,15,19H,9-11H2,1-4H3,(H2,20,21,24). The minimum atomic E-state index is -0.597. The summed E-state index contributed by atoms with van der Waals surface area (Å²) in [5, 5.41) is 8.39. The van der Waals surface area contributed by atoms with Gasteiger partial charge in [0.25, 0.3) is 0 Å². The Morgan fingerprint density at radius 2 is 1.83 bits per heavy atom. The molecule has 6 nitrogen and oxygen atoms in total. The van der Waals surface area contributed by atoms with Crippen molar-refractivity contribution >= 4 is 11.9 Å². The van der Waals surface area contributed by atoms with Crippen LogP contribution in [0.4, 0.5) is 9.18 Å². The summed E-state index contributed by atoms with van der Waals surface area (Å²) in [7, 11) is 3.53. The van der Waals surface area contributed by atoms with E-state index in [9.17, 15) is 14.0 Å². The number of nitrogens with zero attached hydrogens (tertiary/aromatic N) is 1. The topological polar surface area (TPSA) is 73.5 Å². The predicted octanol–water partition coefficient (Wildman–Crippen LogP) is 1.33. The molecule has 1 atom stereocenters. The summed E-state index contributed by atoms with van der Waals surface area (Å²) in [4.78, 5) is 26.1. The van der Waals surface area contributed by atoms with E-state index in [0.717, 1.165) is 5.56 Å². The summed E-state index contributed by atoms with van der Waals surface area (Å²) < 4.78 is 12.9. The number of likely N-dealkylation sites (N-methyl/N-ethyl adjacent to an activating group) is 2. The fourth-order valence-corrected chi connectivity index (χ4v) is 2.12. The van der Waals surface area contributed by atoms with Crippen molar-refractivity contribution < 1.29 is 14.0 Å². The average molecular weight is 338 g/mol. The lowest BCUT2D eigenvalue weighted by Gasteiger charge is -2.27. The first kappa shape index (κ1) is 19.9. The Kier molecular flexibility index (Phi) is 8.18. The summed E-state index contributed by atoms with van der Waals surface area (Å²) in [5.74, 6) is -0.485. The Bertz CT molecular complexity index is 534. The predicted molar refractivity (Wildman–Crippen MR) is 92.0 cm³/mol. The first-order valence-electron chi connectivity index (χ1n) is 8.03. The van der Waals surface area contributed by atoms with Gasteiger partial charge in [0, 0.05) is 26.7 Å². The van der Waals surface area contributed by atoms with E-state index < -0.39 is 12.1 Å².